The van der Waals surface area contributed by atoms with Crippen molar-refractivity contribution in [3.8, 4) is 0 Å². The van der Waals surface area contributed by atoms with Crippen molar-refractivity contribution in [2.24, 2.45) is 0 Å². The van der Waals surface area contributed by atoms with Gasteiger partial charge in [-0.2, -0.15) is 26.3 Å². The molecule has 19 heavy (non-hydrogen) atoms. The molecule has 0 aromatic carbocycles. The number of hydrogen-bond donors (Lipinski definition) is 2. The Kier molecular flexibility index (Phi) is 4.93. The van der Waals surface area contributed by atoms with E-state index in [-0.39, 0.29) is 11.3 Å². The van der Waals surface area contributed by atoms with Crippen LogP contribution in [0, 0.1) is 0 Å². The Morgan fingerprint density at radius 2 is 2.11 bits per heavy atom. The molecule has 0 aliphatic carbocycles. The Balaban J connectivity index is 2.09. The van der Waals surface area contributed by atoms with E-state index in [2.05, 4.69) is 50.9 Å². The number of rotatable bonds is 6. The number of thiophene rings is 1. The molecule has 1 unspecified atom stereocenters. The van der Waals surface area contributed by atoms with Gasteiger partial charge in [0, 0.05) is 6.54 Å². The molecule has 0 saturated carbocycles. The molecule has 5 nitrogen and oxygen atoms in total. The zero-order valence-corrected chi connectivity index (χ0v) is 12.4. The van der Waals surface area contributed by atoms with Gasteiger partial charge in [-0.1, -0.05) is 6.92 Å². The normalized spacial score (nSPS) is 12.2. The number of anilines is 2. The SMILES string of the molecule is CCCNc1nc(Cl)nc(NC(C)c2ccsc2)n1. The van der Waals surface area contributed by atoms with E-state index in [9.17, 15) is 0 Å². The van der Waals surface area contributed by atoms with Crippen molar-refractivity contribution < 1.29 is 0 Å². The summed E-state index contributed by atoms with van der Waals surface area (Å²) in [7, 11) is 0. The van der Waals surface area contributed by atoms with Crippen LogP contribution in [0.3, 0.4) is 0 Å². The van der Waals surface area contributed by atoms with Crippen molar-refractivity contribution in [2.45, 2.75) is 26.3 Å². The zero-order chi connectivity index (χ0) is 13.7. The molecule has 0 fully saturated rings. The van der Waals surface area contributed by atoms with Gasteiger partial charge in [0.05, 0.1) is 6.04 Å². The maximum atomic E-state index is 5.90. The Morgan fingerprint density at radius 1 is 1.32 bits per heavy atom. The molecule has 2 aromatic rings. The van der Waals surface area contributed by atoms with Gasteiger partial charge >= 0.3 is 0 Å². The highest BCUT2D eigenvalue weighted by Crippen LogP contribution is 2.20. The van der Waals surface area contributed by atoms with E-state index in [1.807, 2.05) is 5.38 Å². The topological polar surface area (TPSA) is 62.7 Å². The van der Waals surface area contributed by atoms with Crippen LogP contribution < -0.4 is 10.6 Å². The molecular weight excluding hydrogens is 282 g/mol. The summed E-state index contributed by atoms with van der Waals surface area (Å²) in [5.41, 5.74) is 1.20. The van der Waals surface area contributed by atoms with E-state index < -0.39 is 0 Å². The largest absolute Gasteiger partial charge is 0.354 e. The molecule has 0 bridgehead atoms. The summed E-state index contributed by atoms with van der Waals surface area (Å²) in [5.74, 6) is 0.985. The lowest BCUT2D eigenvalue weighted by molar-refractivity contribution is 0.854. The highest BCUT2D eigenvalue weighted by molar-refractivity contribution is 7.07. The Hall–Kier alpha value is -1.40. The van der Waals surface area contributed by atoms with Crippen molar-refractivity contribution in [2.75, 3.05) is 17.2 Å². The Bertz CT molecular complexity index is 517. The average molecular weight is 298 g/mol. The highest BCUT2D eigenvalue weighted by Gasteiger charge is 2.09. The maximum Gasteiger partial charge on any atom is 0.229 e. The van der Waals surface area contributed by atoms with E-state index in [4.69, 9.17) is 11.6 Å². The van der Waals surface area contributed by atoms with Gasteiger partial charge in [0.1, 0.15) is 0 Å². The van der Waals surface area contributed by atoms with Crippen molar-refractivity contribution in [1.82, 2.24) is 15.0 Å². The molecule has 7 heteroatoms. The van der Waals surface area contributed by atoms with Gasteiger partial charge in [-0.25, -0.2) is 0 Å². The molecule has 2 N–H and O–H groups in total. The quantitative estimate of drug-likeness (QED) is 0.853. The van der Waals surface area contributed by atoms with Crippen LogP contribution in [0.4, 0.5) is 11.9 Å². The lowest BCUT2D eigenvalue weighted by atomic mass is 10.2. The van der Waals surface area contributed by atoms with Gasteiger partial charge in [-0.05, 0) is 47.3 Å². The average Bonchev–Trinajstić information content (AvgIpc) is 2.89. The van der Waals surface area contributed by atoms with Crippen LogP contribution in [0.25, 0.3) is 0 Å². The fourth-order valence-electron chi connectivity index (χ4n) is 1.53. The third-order valence-corrected chi connectivity index (χ3v) is 3.40. The van der Waals surface area contributed by atoms with Gasteiger partial charge in [-0.3, -0.25) is 0 Å². The minimum absolute atomic E-state index is 0.128. The summed E-state index contributed by atoms with van der Waals surface area (Å²) in [5, 5.41) is 10.6. The first kappa shape index (κ1) is 14.0. The molecule has 0 saturated heterocycles. The third-order valence-electron chi connectivity index (χ3n) is 2.53. The van der Waals surface area contributed by atoms with Crippen molar-refractivity contribution in [3.05, 3.63) is 27.7 Å². The number of halogens is 1. The molecule has 0 amide bonds. The second-order valence-electron chi connectivity index (χ2n) is 4.10. The third kappa shape index (κ3) is 4.04. The van der Waals surface area contributed by atoms with E-state index in [0.29, 0.717) is 11.9 Å². The second-order valence-corrected chi connectivity index (χ2v) is 5.22. The monoisotopic (exact) mass is 297 g/mol. The van der Waals surface area contributed by atoms with Crippen LogP contribution in [0.15, 0.2) is 16.8 Å². The highest BCUT2D eigenvalue weighted by atomic mass is 35.5. The number of hydrogen-bond acceptors (Lipinski definition) is 6. The number of nitrogens with zero attached hydrogens (tertiary/aromatic N) is 3. The summed E-state index contributed by atoms with van der Waals surface area (Å²) in [6.07, 6.45) is 0.997. The van der Waals surface area contributed by atoms with Gasteiger partial charge in [0.25, 0.3) is 0 Å². The van der Waals surface area contributed by atoms with Gasteiger partial charge in [0.15, 0.2) is 0 Å². The van der Waals surface area contributed by atoms with E-state index in [0.717, 1.165) is 13.0 Å². The molecular formula is C12H16ClN5S. The smallest absolute Gasteiger partial charge is 0.229 e. The predicted molar refractivity (Wildman–Crippen MR) is 80.0 cm³/mol. The fourth-order valence-corrected chi connectivity index (χ4v) is 2.44. The van der Waals surface area contributed by atoms with Crippen molar-refractivity contribution in [3.63, 3.8) is 0 Å². The maximum absolute atomic E-state index is 5.90. The van der Waals surface area contributed by atoms with Crippen molar-refractivity contribution >= 4 is 34.8 Å². The molecule has 2 heterocycles. The van der Waals surface area contributed by atoms with Crippen LogP contribution in [-0.4, -0.2) is 21.5 Å². The van der Waals surface area contributed by atoms with Crippen LogP contribution in [0.5, 0.6) is 0 Å². The van der Waals surface area contributed by atoms with Gasteiger partial charge < -0.3 is 10.6 Å². The summed E-state index contributed by atoms with van der Waals surface area (Å²) in [6.45, 7) is 4.94. The molecule has 2 aromatic heterocycles. The first-order valence-corrected chi connectivity index (χ1v) is 7.45. The minimum atomic E-state index is 0.128. The minimum Gasteiger partial charge on any atom is -0.354 e. The van der Waals surface area contributed by atoms with Crippen LogP contribution in [0.1, 0.15) is 31.9 Å². The lowest BCUT2D eigenvalue weighted by Crippen LogP contribution is -2.12. The molecule has 0 spiro atoms. The van der Waals surface area contributed by atoms with Crippen LogP contribution in [0.2, 0.25) is 5.28 Å². The first-order valence-electron chi connectivity index (χ1n) is 6.13. The molecule has 0 aliphatic rings. The lowest BCUT2D eigenvalue weighted by Gasteiger charge is -2.13. The predicted octanol–water partition coefficient (Wildman–Crippen LogP) is 3.58. The summed E-state index contributed by atoms with van der Waals surface area (Å²) >= 11 is 7.56. The van der Waals surface area contributed by atoms with E-state index >= 15 is 0 Å². The number of nitrogens with one attached hydrogen (secondary N) is 2. The molecule has 0 radical (unpaired) electrons. The summed E-state index contributed by atoms with van der Waals surface area (Å²) < 4.78 is 0. The Morgan fingerprint density at radius 3 is 2.79 bits per heavy atom. The summed E-state index contributed by atoms with van der Waals surface area (Å²) in [6, 6.07) is 2.20. The second kappa shape index (κ2) is 6.68. The Labute approximate surface area is 121 Å². The molecule has 2 rings (SSSR count). The van der Waals surface area contributed by atoms with Gasteiger partial charge in [0.2, 0.25) is 17.2 Å². The molecule has 0 aliphatic heterocycles. The number of aromatic nitrogens is 3. The van der Waals surface area contributed by atoms with E-state index in [1.54, 1.807) is 11.3 Å². The van der Waals surface area contributed by atoms with Crippen molar-refractivity contribution in [1.29, 1.82) is 0 Å². The fraction of sp³-hybridized carbons (Fsp3) is 0.417. The molecule has 102 valence electrons. The van der Waals surface area contributed by atoms with Crippen LogP contribution in [-0.2, 0) is 0 Å². The van der Waals surface area contributed by atoms with E-state index in [1.165, 1.54) is 5.56 Å². The summed E-state index contributed by atoms with van der Waals surface area (Å²) in [4.78, 5) is 12.4. The zero-order valence-electron chi connectivity index (χ0n) is 10.9. The first-order chi connectivity index (χ1) is 9.19. The standard InChI is InChI=1S/C12H16ClN5S/c1-3-5-14-11-16-10(13)17-12(18-11)15-8(2)9-4-6-19-7-9/h4,6-8H,3,5H2,1-2H3,(H2,14,15,16,17,18). The molecule has 1 atom stereocenters. The van der Waals surface area contributed by atoms with Gasteiger partial charge in [-0.15, -0.1) is 0 Å². The van der Waals surface area contributed by atoms with Crippen LogP contribution >= 0.6 is 22.9 Å².